The fourth-order valence-electron chi connectivity index (χ4n) is 5.25. The molecule has 0 amide bonds. The summed E-state index contributed by atoms with van der Waals surface area (Å²) in [7, 11) is 0. The Morgan fingerprint density at radius 3 is 0.600 bits per heavy atom. The van der Waals surface area contributed by atoms with E-state index in [1.54, 1.807) is 0 Å². The summed E-state index contributed by atoms with van der Waals surface area (Å²) in [5, 5.41) is 0. The van der Waals surface area contributed by atoms with Gasteiger partial charge in [-0.1, -0.05) is 194 Å². The van der Waals surface area contributed by atoms with Crippen LogP contribution in [0.4, 0.5) is 0 Å². The van der Waals surface area contributed by atoms with Crippen molar-refractivity contribution in [3.05, 3.63) is 0 Å². The monoisotopic (exact) mass is 495 g/mol. The lowest BCUT2D eigenvalue weighted by Crippen LogP contribution is -1.97. The summed E-state index contributed by atoms with van der Waals surface area (Å²) in [4.78, 5) is 0. The molecule has 0 bridgehead atoms. The molecule has 0 radical (unpaired) electrons. The van der Waals surface area contributed by atoms with Crippen LogP contribution in [0, 0.1) is 0 Å². The topological polar surface area (TPSA) is 9.23 Å². The molecule has 0 atom stereocenters. The van der Waals surface area contributed by atoms with Gasteiger partial charge in [-0.3, -0.25) is 0 Å². The first-order chi connectivity index (χ1) is 17.4. The molecule has 35 heavy (non-hydrogen) atoms. The van der Waals surface area contributed by atoms with Gasteiger partial charge in [-0.15, -0.1) is 0 Å². The number of hydrogen-bond acceptors (Lipinski definition) is 1. The Kier molecular flexibility index (Phi) is 33.9. The van der Waals surface area contributed by atoms with Crippen LogP contribution in [-0.4, -0.2) is 13.2 Å². The second-order valence-corrected chi connectivity index (χ2v) is 11.5. The van der Waals surface area contributed by atoms with Crippen LogP contribution >= 0.6 is 0 Å². The largest absolute Gasteiger partial charge is 0.381 e. The summed E-state index contributed by atoms with van der Waals surface area (Å²) < 4.78 is 5.86. The number of rotatable bonds is 32. The van der Waals surface area contributed by atoms with Crippen molar-refractivity contribution in [2.75, 3.05) is 13.2 Å². The van der Waals surface area contributed by atoms with E-state index in [2.05, 4.69) is 13.8 Å². The number of ether oxygens (including phenoxy) is 1. The molecule has 0 aromatic rings. The first kappa shape index (κ1) is 35.0. The van der Waals surface area contributed by atoms with Crippen molar-refractivity contribution >= 4 is 0 Å². The SMILES string of the molecule is CCCCCCCCCCCCCCCCCOCCCCCCCCCCCCCCCCC. The van der Waals surface area contributed by atoms with Crippen LogP contribution in [-0.2, 0) is 4.74 Å². The molecule has 0 aliphatic carbocycles. The molecule has 0 heterocycles. The van der Waals surface area contributed by atoms with Gasteiger partial charge in [0.2, 0.25) is 0 Å². The average Bonchev–Trinajstić information content (AvgIpc) is 2.87. The van der Waals surface area contributed by atoms with Crippen molar-refractivity contribution in [3.63, 3.8) is 0 Å². The molecular formula is C34H70O. The zero-order valence-corrected chi connectivity index (χ0v) is 25.0. The summed E-state index contributed by atoms with van der Waals surface area (Å²) in [6.07, 6.45) is 43.0. The Morgan fingerprint density at radius 1 is 0.229 bits per heavy atom. The highest BCUT2D eigenvalue weighted by atomic mass is 16.5. The first-order valence-corrected chi connectivity index (χ1v) is 17.0. The van der Waals surface area contributed by atoms with E-state index >= 15 is 0 Å². The highest BCUT2D eigenvalue weighted by Gasteiger charge is 1.97. The quantitative estimate of drug-likeness (QED) is 0.0844. The smallest absolute Gasteiger partial charge is 0.0466 e. The molecule has 0 fully saturated rings. The molecule has 1 heteroatoms. The third-order valence-corrected chi connectivity index (χ3v) is 7.78. The minimum absolute atomic E-state index is 0.997. The lowest BCUT2D eigenvalue weighted by Gasteiger charge is -2.05. The van der Waals surface area contributed by atoms with Gasteiger partial charge in [-0.05, 0) is 12.8 Å². The average molecular weight is 495 g/mol. The highest BCUT2D eigenvalue weighted by molar-refractivity contribution is 4.51. The van der Waals surface area contributed by atoms with Crippen molar-refractivity contribution in [3.8, 4) is 0 Å². The Hall–Kier alpha value is -0.0400. The van der Waals surface area contributed by atoms with Crippen LogP contribution in [0.15, 0.2) is 0 Å². The Bertz CT molecular complexity index is 307. The summed E-state index contributed by atoms with van der Waals surface area (Å²) >= 11 is 0. The maximum absolute atomic E-state index is 5.86. The Labute approximate surface area is 224 Å². The van der Waals surface area contributed by atoms with Crippen LogP contribution in [0.2, 0.25) is 0 Å². The second kappa shape index (κ2) is 34.0. The fraction of sp³-hybridized carbons (Fsp3) is 1.00. The summed E-state index contributed by atoms with van der Waals surface area (Å²) in [6.45, 7) is 6.60. The minimum atomic E-state index is 0.997. The molecule has 0 aliphatic heterocycles. The van der Waals surface area contributed by atoms with E-state index in [4.69, 9.17) is 4.74 Å². The standard InChI is InChI=1S/C34H70O/c1-3-5-7-9-11-13-15-17-19-21-23-25-27-29-31-33-35-34-32-30-28-26-24-22-20-18-16-14-12-10-8-6-4-2/h3-34H2,1-2H3. The van der Waals surface area contributed by atoms with Crippen molar-refractivity contribution in [2.45, 2.75) is 206 Å². The van der Waals surface area contributed by atoms with Gasteiger partial charge >= 0.3 is 0 Å². The molecule has 0 spiro atoms. The highest BCUT2D eigenvalue weighted by Crippen LogP contribution is 2.15. The van der Waals surface area contributed by atoms with E-state index in [0.29, 0.717) is 0 Å². The predicted molar refractivity (Wildman–Crippen MR) is 161 cm³/mol. The normalized spacial score (nSPS) is 11.5. The number of hydrogen-bond donors (Lipinski definition) is 0. The molecule has 0 saturated carbocycles. The van der Waals surface area contributed by atoms with Crippen LogP contribution in [0.25, 0.3) is 0 Å². The molecule has 212 valence electrons. The lowest BCUT2D eigenvalue weighted by atomic mass is 10.0. The van der Waals surface area contributed by atoms with Crippen LogP contribution in [0.3, 0.4) is 0 Å². The molecule has 0 rings (SSSR count). The maximum Gasteiger partial charge on any atom is 0.0466 e. The van der Waals surface area contributed by atoms with Gasteiger partial charge in [-0.25, -0.2) is 0 Å². The molecule has 0 unspecified atom stereocenters. The van der Waals surface area contributed by atoms with E-state index in [0.717, 1.165) is 13.2 Å². The van der Waals surface area contributed by atoms with Crippen LogP contribution < -0.4 is 0 Å². The van der Waals surface area contributed by atoms with Gasteiger partial charge in [0.15, 0.2) is 0 Å². The Morgan fingerprint density at radius 2 is 0.400 bits per heavy atom. The lowest BCUT2D eigenvalue weighted by molar-refractivity contribution is 0.125. The van der Waals surface area contributed by atoms with Crippen LogP contribution in [0.1, 0.15) is 206 Å². The van der Waals surface area contributed by atoms with Gasteiger partial charge in [0.05, 0.1) is 0 Å². The van der Waals surface area contributed by atoms with Crippen LogP contribution in [0.5, 0.6) is 0 Å². The third kappa shape index (κ3) is 34.0. The minimum Gasteiger partial charge on any atom is -0.381 e. The maximum atomic E-state index is 5.86. The van der Waals surface area contributed by atoms with E-state index in [-0.39, 0.29) is 0 Å². The Balaban J connectivity index is 3.00. The molecule has 0 aromatic heterocycles. The fourth-order valence-corrected chi connectivity index (χ4v) is 5.25. The van der Waals surface area contributed by atoms with E-state index in [9.17, 15) is 0 Å². The van der Waals surface area contributed by atoms with Gasteiger partial charge in [-0.2, -0.15) is 0 Å². The van der Waals surface area contributed by atoms with Crippen molar-refractivity contribution in [1.82, 2.24) is 0 Å². The van der Waals surface area contributed by atoms with Crippen molar-refractivity contribution in [2.24, 2.45) is 0 Å². The molecular weight excluding hydrogens is 424 g/mol. The van der Waals surface area contributed by atoms with Gasteiger partial charge in [0, 0.05) is 13.2 Å². The molecule has 0 aliphatic rings. The van der Waals surface area contributed by atoms with E-state index < -0.39 is 0 Å². The van der Waals surface area contributed by atoms with Crippen molar-refractivity contribution in [1.29, 1.82) is 0 Å². The third-order valence-electron chi connectivity index (χ3n) is 7.78. The summed E-state index contributed by atoms with van der Waals surface area (Å²) in [5.41, 5.74) is 0. The molecule has 0 saturated heterocycles. The molecule has 1 nitrogen and oxygen atoms in total. The molecule has 0 N–H and O–H groups in total. The summed E-state index contributed by atoms with van der Waals surface area (Å²) in [5.74, 6) is 0. The number of unbranched alkanes of at least 4 members (excludes halogenated alkanes) is 28. The second-order valence-electron chi connectivity index (χ2n) is 11.5. The van der Waals surface area contributed by atoms with E-state index in [1.165, 1.54) is 193 Å². The summed E-state index contributed by atoms with van der Waals surface area (Å²) in [6, 6.07) is 0. The first-order valence-electron chi connectivity index (χ1n) is 17.0. The van der Waals surface area contributed by atoms with Crippen molar-refractivity contribution < 1.29 is 4.74 Å². The zero-order chi connectivity index (χ0) is 25.3. The van der Waals surface area contributed by atoms with Gasteiger partial charge < -0.3 is 4.74 Å². The zero-order valence-electron chi connectivity index (χ0n) is 25.0. The van der Waals surface area contributed by atoms with E-state index in [1.807, 2.05) is 0 Å². The van der Waals surface area contributed by atoms with Gasteiger partial charge in [0.25, 0.3) is 0 Å². The predicted octanol–water partition coefficient (Wildman–Crippen LogP) is 12.7. The van der Waals surface area contributed by atoms with Gasteiger partial charge in [0.1, 0.15) is 0 Å². The molecule has 0 aromatic carbocycles.